The van der Waals surface area contributed by atoms with E-state index in [0.29, 0.717) is 88.2 Å². The van der Waals surface area contributed by atoms with Crippen LogP contribution in [0, 0.1) is 17.1 Å². The average molecular weight is 636 g/mol. The molecule has 238 valence electrons. The van der Waals surface area contributed by atoms with Crippen molar-refractivity contribution >= 4 is 56.5 Å². The number of nitrogens with two attached hydrogens (primary N) is 2. The molecule has 0 aliphatic heterocycles. The first-order chi connectivity index (χ1) is 22.9. The number of rotatable bonds is 10. The minimum atomic E-state index is -0.341. The molecule has 16 heteroatoms. The number of hydrogen-bond acceptors (Lipinski definition) is 13. The van der Waals surface area contributed by atoms with E-state index in [0.717, 1.165) is 0 Å². The van der Waals surface area contributed by atoms with Crippen molar-refractivity contribution < 1.29 is 4.39 Å². The molecule has 47 heavy (non-hydrogen) atoms. The molecule has 6 rings (SSSR count). The van der Waals surface area contributed by atoms with Gasteiger partial charge in [0.05, 0.1) is 35.3 Å². The molecule has 0 unspecified atom stereocenters. The van der Waals surface area contributed by atoms with Crippen LogP contribution in [0.25, 0.3) is 21.8 Å². The lowest BCUT2D eigenvalue weighted by atomic mass is 10.2. The molecule has 0 saturated heterocycles. The fourth-order valence-corrected chi connectivity index (χ4v) is 4.42. The number of nitrogens with one attached hydrogen (secondary N) is 6. The van der Waals surface area contributed by atoms with E-state index in [1.807, 2.05) is 0 Å². The molecule has 0 bridgehead atoms. The molecule has 15 nitrogen and oxygen atoms in total. The van der Waals surface area contributed by atoms with Crippen LogP contribution in [0.4, 0.5) is 39.0 Å². The lowest BCUT2D eigenvalue weighted by molar-refractivity contribution is 0.628. The van der Waals surface area contributed by atoms with Crippen molar-refractivity contribution in [2.24, 2.45) is 11.5 Å². The molecule has 0 fully saturated rings. The number of aromatic nitrogens is 6. The third-order valence-corrected chi connectivity index (χ3v) is 6.51. The summed E-state index contributed by atoms with van der Waals surface area (Å²) in [6.07, 6.45) is 2.68. The monoisotopic (exact) mass is 635 g/mol. The molecule has 10 N–H and O–H groups in total. The minimum Gasteiger partial charge on any atom is -0.369 e. The summed E-state index contributed by atoms with van der Waals surface area (Å²) in [6, 6.07) is 18.1. The molecule has 4 aromatic heterocycles. The normalized spacial score (nSPS) is 10.5. The smallest absolute Gasteiger partial charge is 0.262 e. The van der Waals surface area contributed by atoms with Gasteiger partial charge in [-0.1, -0.05) is 6.07 Å². The highest BCUT2D eigenvalue weighted by molar-refractivity contribution is 5.93. The molecule has 0 saturated carbocycles. The Kier molecular flexibility index (Phi) is 10.2. The molecule has 6 aromatic rings. The summed E-state index contributed by atoms with van der Waals surface area (Å²) in [6.45, 7) is 1.99. The second-order valence-electron chi connectivity index (χ2n) is 9.84. The van der Waals surface area contributed by atoms with Crippen LogP contribution < -0.4 is 43.9 Å². The van der Waals surface area contributed by atoms with Gasteiger partial charge in [-0.05, 0) is 42.5 Å². The first kappa shape index (κ1) is 32.0. The van der Waals surface area contributed by atoms with Gasteiger partial charge in [0, 0.05) is 49.7 Å². The number of anilines is 6. The van der Waals surface area contributed by atoms with Crippen LogP contribution in [0.2, 0.25) is 0 Å². The number of nitriles is 1. The first-order valence-electron chi connectivity index (χ1n) is 14.3. The summed E-state index contributed by atoms with van der Waals surface area (Å²) in [4.78, 5) is 46.5. The Morgan fingerprint density at radius 2 is 1.28 bits per heavy atom. The van der Waals surface area contributed by atoms with E-state index in [2.05, 4.69) is 57.2 Å². The largest absolute Gasteiger partial charge is 0.369 e. The number of benzene rings is 2. The van der Waals surface area contributed by atoms with Crippen LogP contribution in [0.15, 0.2) is 82.9 Å². The van der Waals surface area contributed by atoms with Crippen molar-refractivity contribution in [3.8, 4) is 6.07 Å². The van der Waals surface area contributed by atoms with Crippen LogP contribution in [0.3, 0.4) is 0 Å². The predicted octanol–water partition coefficient (Wildman–Crippen LogP) is 2.88. The van der Waals surface area contributed by atoms with Crippen molar-refractivity contribution in [1.82, 2.24) is 29.9 Å². The zero-order valence-corrected chi connectivity index (χ0v) is 24.8. The minimum absolute atomic E-state index is 0.295. The first-order valence-corrected chi connectivity index (χ1v) is 14.3. The van der Waals surface area contributed by atoms with Crippen molar-refractivity contribution in [3.63, 3.8) is 0 Å². The Balaban J connectivity index is 0.000000185. The quantitative estimate of drug-likeness (QED) is 0.108. The van der Waals surface area contributed by atoms with E-state index in [1.54, 1.807) is 48.5 Å². The molecule has 0 radical (unpaired) electrons. The Labute approximate surface area is 266 Å². The highest BCUT2D eigenvalue weighted by Gasteiger charge is 2.13. The second kappa shape index (κ2) is 15.0. The number of aromatic amines is 2. The molecule has 0 atom stereocenters. The van der Waals surface area contributed by atoms with Gasteiger partial charge in [-0.3, -0.25) is 9.59 Å². The van der Waals surface area contributed by atoms with Crippen LogP contribution in [0.5, 0.6) is 0 Å². The predicted molar refractivity (Wildman–Crippen MR) is 180 cm³/mol. The van der Waals surface area contributed by atoms with Crippen molar-refractivity contribution in [1.29, 1.82) is 5.26 Å². The van der Waals surface area contributed by atoms with Gasteiger partial charge in [0.25, 0.3) is 11.1 Å². The number of fused-ring (bicyclic) bond motifs is 2. The number of hydrogen-bond donors (Lipinski definition) is 8. The fourth-order valence-electron chi connectivity index (χ4n) is 4.42. The van der Waals surface area contributed by atoms with Gasteiger partial charge in [0.1, 0.15) is 39.9 Å². The van der Waals surface area contributed by atoms with E-state index in [1.165, 1.54) is 24.8 Å². The van der Waals surface area contributed by atoms with Crippen LogP contribution in [0.1, 0.15) is 5.56 Å². The van der Waals surface area contributed by atoms with E-state index in [4.69, 9.17) is 16.7 Å². The lowest BCUT2D eigenvalue weighted by Crippen LogP contribution is -2.15. The van der Waals surface area contributed by atoms with Gasteiger partial charge in [-0.25, -0.2) is 24.3 Å². The van der Waals surface area contributed by atoms with E-state index < -0.39 is 0 Å². The van der Waals surface area contributed by atoms with Crippen molar-refractivity contribution in [2.75, 3.05) is 47.4 Å². The number of halogens is 1. The molecule has 4 heterocycles. The third kappa shape index (κ3) is 7.99. The maximum Gasteiger partial charge on any atom is 0.262 e. The fraction of sp³-hybridized carbons (Fsp3) is 0.129. The Morgan fingerprint density at radius 1 is 0.745 bits per heavy atom. The molecule has 0 aliphatic rings. The summed E-state index contributed by atoms with van der Waals surface area (Å²) < 4.78 is 13.0. The number of nitrogens with zero attached hydrogens (tertiary/aromatic N) is 5. The molecular formula is C31H30FN13O2. The summed E-state index contributed by atoms with van der Waals surface area (Å²) >= 11 is 0. The Morgan fingerprint density at radius 3 is 1.79 bits per heavy atom. The highest BCUT2D eigenvalue weighted by atomic mass is 19.1. The van der Waals surface area contributed by atoms with Gasteiger partial charge >= 0.3 is 0 Å². The zero-order chi connectivity index (χ0) is 33.2. The van der Waals surface area contributed by atoms with Crippen LogP contribution in [-0.2, 0) is 0 Å². The van der Waals surface area contributed by atoms with Gasteiger partial charge in [0.15, 0.2) is 0 Å². The maximum absolute atomic E-state index is 13.0. The van der Waals surface area contributed by atoms with Crippen LogP contribution >= 0.6 is 0 Å². The molecule has 0 spiro atoms. The molecule has 0 amide bonds. The van der Waals surface area contributed by atoms with E-state index in [9.17, 15) is 14.0 Å². The molecule has 2 aromatic carbocycles. The number of pyridine rings is 2. The van der Waals surface area contributed by atoms with Gasteiger partial charge in [-0.15, -0.1) is 0 Å². The summed E-state index contributed by atoms with van der Waals surface area (Å²) in [5, 5.41) is 21.9. The standard InChI is InChI=1S/C16H15N7O.C15H15FN6O/c17-4-5-19-13-7-12-14(16(24)21-9-20-12)15(23-13)22-11-3-1-2-10(6-11)8-18;16-9-1-3-10(4-2-9)21-14-13-11(19-8-20-15(13)23)7-12(22-14)18-6-5-17/h1-3,6-7,9H,4-5,17H2,(H2,19,22,23)(H,20,21,24);1-4,7-8H,5-6,17H2,(H2,18,21,22)(H,19,20,23). The summed E-state index contributed by atoms with van der Waals surface area (Å²) in [5.74, 6) is 1.46. The van der Waals surface area contributed by atoms with Gasteiger partial charge in [0.2, 0.25) is 0 Å². The Bertz CT molecular complexity index is 2160. The second-order valence-corrected chi connectivity index (χ2v) is 9.84. The van der Waals surface area contributed by atoms with Crippen molar-refractivity contribution in [2.45, 2.75) is 0 Å². The van der Waals surface area contributed by atoms with Gasteiger partial charge in [-0.2, -0.15) is 5.26 Å². The van der Waals surface area contributed by atoms with Crippen LogP contribution in [-0.4, -0.2) is 56.1 Å². The van der Waals surface area contributed by atoms with E-state index in [-0.39, 0.29) is 16.9 Å². The summed E-state index contributed by atoms with van der Waals surface area (Å²) in [5.41, 5.74) is 13.1. The topological polar surface area (TPSA) is 241 Å². The number of H-pyrrole nitrogens is 2. The highest BCUT2D eigenvalue weighted by Crippen LogP contribution is 2.25. The third-order valence-electron chi connectivity index (χ3n) is 6.51. The Hall–Kier alpha value is -6.44. The maximum atomic E-state index is 13.0. The van der Waals surface area contributed by atoms with E-state index >= 15 is 0 Å². The average Bonchev–Trinajstić information content (AvgIpc) is 3.07. The van der Waals surface area contributed by atoms with Gasteiger partial charge < -0.3 is 42.7 Å². The summed E-state index contributed by atoms with van der Waals surface area (Å²) in [7, 11) is 0. The zero-order valence-electron chi connectivity index (χ0n) is 24.8. The molecule has 0 aliphatic carbocycles. The van der Waals surface area contributed by atoms with Crippen molar-refractivity contribution in [3.05, 3.63) is 105 Å². The SMILES string of the molecule is N#Cc1cccc(Nc2nc(NCCN)cc3nc[nH]c(=O)c23)c1.NCCNc1cc2nc[nH]c(=O)c2c(Nc2ccc(F)cc2)n1. The lowest BCUT2D eigenvalue weighted by Gasteiger charge is -2.11. The molecular weight excluding hydrogens is 605 g/mol.